The quantitative estimate of drug-likeness (QED) is 0.109. The minimum Gasteiger partial charge on any atom is -0.394 e. The first-order valence-electron chi connectivity index (χ1n) is 13.4. The van der Waals surface area contributed by atoms with E-state index in [0.29, 0.717) is 6.54 Å². The van der Waals surface area contributed by atoms with Crippen LogP contribution >= 0.6 is 0 Å². The van der Waals surface area contributed by atoms with Crippen molar-refractivity contribution in [3.05, 3.63) is 0 Å². The third kappa shape index (κ3) is 9.53. The number of rotatable bonds is 15. The SMILES string of the molecule is CCCCCCCCCCCNC(=O)N[C@@H]1O[C@H](CO)[C@@H](O[C@@H]2O[C@H](CO)[C@H](O)[C@H](O)[C@H]2O)[C@H](O)[C@H]1O. The topological polar surface area (TPSA) is 210 Å². The van der Waals surface area contributed by atoms with E-state index in [1.807, 2.05) is 0 Å². The van der Waals surface area contributed by atoms with Crippen LogP contribution in [-0.2, 0) is 14.2 Å². The lowest BCUT2D eigenvalue weighted by atomic mass is 9.96. The Morgan fingerprint density at radius 3 is 1.92 bits per heavy atom. The van der Waals surface area contributed by atoms with Gasteiger partial charge in [-0.2, -0.15) is 0 Å². The van der Waals surface area contributed by atoms with Crippen molar-refractivity contribution >= 4 is 6.03 Å². The first kappa shape index (κ1) is 32.1. The molecule has 0 radical (unpaired) electrons. The van der Waals surface area contributed by atoms with Gasteiger partial charge in [0.15, 0.2) is 12.5 Å². The van der Waals surface area contributed by atoms with E-state index < -0.39 is 80.6 Å². The number of unbranched alkanes of at least 4 members (excludes halogenated alkanes) is 8. The minimum absolute atomic E-state index is 0.430. The molecule has 13 heteroatoms. The number of aliphatic hydroxyl groups excluding tert-OH is 7. The predicted molar refractivity (Wildman–Crippen MR) is 130 cm³/mol. The summed E-state index contributed by atoms with van der Waals surface area (Å²) in [6, 6.07) is -0.610. The summed E-state index contributed by atoms with van der Waals surface area (Å²) in [5.41, 5.74) is 0. The van der Waals surface area contributed by atoms with Gasteiger partial charge in [0.1, 0.15) is 48.8 Å². The van der Waals surface area contributed by atoms with Gasteiger partial charge in [-0.05, 0) is 6.42 Å². The Kier molecular flexibility index (Phi) is 14.5. The largest absolute Gasteiger partial charge is 0.394 e. The van der Waals surface area contributed by atoms with Crippen LogP contribution in [0.25, 0.3) is 0 Å². The van der Waals surface area contributed by atoms with Crippen molar-refractivity contribution in [3.63, 3.8) is 0 Å². The van der Waals surface area contributed by atoms with Crippen LogP contribution in [0.4, 0.5) is 4.79 Å². The zero-order chi connectivity index (χ0) is 27.4. The molecule has 13 nitrogen and oxygen atoms in total. The number of urea groups is 1. The van der Waals surface area contributed by atoms with Gasteiger partial charge in [0.25, 0.3) is 0 Å². The van der Waals surface area contributed by atoms with E-state index in [1.165, 1.54) is 38.5 Å². The van der Waals surface area contributed by atoms with Gasteiger partial charge in [0.05, 0.1) is 13.2 Å². The summed E-state index contributed by atoms with van der Waals surface area (Å²) in [5, 5.41) is 75.3. The van der Waals surface area contributed by atoms with Crippen LogP contribution in [-0.4, -0.2) is 123 Å². The van der Waals surface area contributed by atoms with Gasteiger partial charge in [0.2, 0.25) is 0 Å². The molecule has 2 amide bonds. The van der Waals surface area contributed by atoms with Gasteiger partial charge in [0, 0.05) is 6.54 Å². The molecular formula is C24H46N2O11. The van der Waals surface area contributed by atoms with Crippen LogP contribution in [0.1, 0.15) is 64.7 Å². The van der Waals surface area contributed by atoms with E-state index in [-0.39, 0.29) is 0 Å². The fraction of sp³-hybridized carbons (Fsp3) is 0.958. The third-order valence-corrected chi connectivity index (χ3v) is 6.84. The Morgan fingerprint density at radius 1 is 0.730 bits per heavy atom. The van der Waals surface area contributed by atoms with Crippen LogP contribution in [0.15, 0.2) is 0 Å². The molecule has 2 rings (SSSR count). The monoisotopic (exact) mass is 538 g/mol. The van der Waals surface area contributed by atoms with Gasteiger partial charge >= 0.3 is 6.03 Å². The smallest absolute Gasteiger partial charge is 0.316 e. The summed E-state index contributed by atoms with van der Waals surface area (Å²) in [6.07, 6.45) is -4.95. The summed E-state index contributed by atoms with van der Waals surface area (Å²) in [6.45, 7) is 1.26. The molecule has 10 atom stereocenters. The first-order valence-corrected chi connectivity index (χ1v) is 13.4. The van der Waals surface area contributed by atoms with Crippen molar-refractivity contribution < 1.29 is 54.8 Å². The summed E-state index contributed by atoms with van der Waals surface area (Å²) in [4.78, 5) is 12.3. The highest BCUT2D eigenvalue weighted by Crippen LogP contribution is 2.28. The lowest BCUT2D eigenvalue weighted by Crippen LogP contribution is -2.67. The van der Waals surface area contributed by atoms with E-state index >= 15 is 0 Å². The lowest BCUT2D eigenvalue weighted by Gasteiger charge is -2.46. The molecule has 0 aromatic heterocycles. The van der Waals surface area contributed by atoms with Crippen LogP contribution in [0.2, 0.25) is 0 Å². The Labute approximate surface area is 217 Å². The summed E-state index contributed by atoms with van der Waals surface area (Å²) in [5.74, 6) is 0. The molecule has 9 N–H and O–H groups in total. The van der Waals surface area contributed by atoms with Gasteiger partial charge in [-0.3, -0.25) is 0 Å². The average Bonchev–Trinajstić information content (AvgIpc) is 2.89. The molecule has 0 aromatic carbocycles. The minimum atomic E-state index is -1.75. The standard InChI is InChI=1S/C24H46N2O11/c1-2-3-4-5-6-7-8-9-10-11-25-24(34)26-22-19(32)18(31)21(15(13-28)35-22)37-23-20(33)17(30)16(29)14(12-27)36-23/h14-23,27-33H,2-13H2,1H3,(H2,25,26,34)/t14-,15-,16+,17+,18-,19-,20-,21-,22-,23+/m1/s1. The normalized spacial score (nSPS) is 36.3. The van der Waals surface area contributed by atoms with Gasteiger partial charge in [-0.25, -0.2) is 4.79 Å². The highest BCUT2D eigenvalue weighted by atomic mass is 16.7. The van der Waals surface area contributed by atoms with Crippen LogP contribution < -0.4 is 10.6 Å². The molecule has 218 valence electrons. The van der Waals surface area contributed by atoms with Crippen molar-refractivity contribution in [1.82, 2.24) is 10.6 Å². The average molecular weight is 539 g/mol. The fourth-order valence-corrected chi connectivity index (χ4v) is 4.53. The molecule has 0 saturated carbocycles. The number of hydrogen-bond donors (Lipinski definition) is 9. The molecule has 2 saturated heterocycles. The number of carbonyl (C=O) groups is 1. The second-order valence-corrected chi connectivity index (χ2v) is 9.79. The number of carbonyl (C=O) groups excluding carboxylic acids is 1. The summed E-state index contributed by atoms with van der Waals surface area (Å²) in [7, 11) is 0. The maximum absolute atomic E-state index is 12.3. The second-order valence-electron chi connectivity index (χ2n) is 9.79. The van der Waals surface area contributed by atoms with Gasteiger partial charge in [-0.15, -0.1) is 0 Å². The highest BCUT2D eigenvalue weighted by molar-refractivity contribution is 5.74. The first-order chi connectivity index (χ1) is 17.7. The maximum atomic E-state index is 12.3. The van der Waals surface area contributed by atoms with Crippen molar-refractivity contribution in [2.45, 2.75) is 126 Å². The van der Waals surface area contributed by atoms with E-state index in [4.69, 9.17) is 14.2 Å². The molecule has 0 spiro atoms. The number of aliphatic hydroxyl groups is 7. The maximum Gasteiger partial charge on any atom is 0.316 e. The number of hydrogen-bond acceptors (Lipinski definition) is 11. The van der Waals surface area contributed by atoms with E-state index in [2.05, 4.69) is 17.6 Å². The van der Waals surface area contributed by atoms with Crippen molar-refractivity contribution in [1.29, 1.82) is 0 Å². The van der Waals surface area contributed by atoms with E-state index in [0.717, 1.165) is 19.3 Å². The second kappa shape index (κ2) is 16.7. The lowest BCUT2D eigenvalue weighted by molar-refractivity contribution is -0.342. The molecule has 0 bridgehead atoms. The zero-order valence-corrected chi connectivity index (χ0v) is 21.5. The van der Waals surface area contributed by atoms with Crippen molar-refractivity contribution in [2.75, 3.05) is 19.8 Å². The molecular weight excluding hydrogens is 492 g/mol. The summed E-state index contributed by atoms with van der Waals surface area (Å²) >= 11 is 0. The van der Waals surface area contributed by atoms with Crippen LogP contribution in [0.3, 0.4) is 0 Å². The molecule has 2 heterocycles. The Morgan fingerprint density at radius 2 is 1.32 bits per heavy atom. The highest BCUT2D eigenvalue weighted by Gasteiger charge is 2.50. The van der Waals surface area contributed by atoms with Crippen LogP contribution in [0.5, 0.6) is 0 Å². The van der Waals surface area contributed by atoms with E-state index in [9.17, 15) is 40.5 Å². The Hall–Kier alpha value is -1.13. The molecule has 0 unspecified atom stereocenters. The molecule has 0 aliphatic carbocycles. The number of ether oxygens (including phenoxy) is 3. The third-order valence-electron chi connectivity index (χ3n) is 6.84. The van der Waals surface area contributed by atoms with Gasteiger partial charge < -0.3 is 60.6 Å². The van der Waals surface area contributed by atoms with Crippen LogP contribution in [0, 0.1) is 0 Å². The Balaban J connectivity index is 1.77. The number of nitrogens with one attached hydrogen (secondary N) is 2. The van der Waals surface area contributed by atoms with Gasteiger partial charge in [-0.1, -0.05) is 58.3 Å². The molecule has 2 aliphatic heterocycles. The van der Waals surface area contributed by atoms with E-state index in [1.54, 1.807) is 0 Å². The molecule has 2 fully saturated rings. The zero-order valence-electron chi connectivity index (χ0n) is 21.5. The molecule has 2 aliphatic rings. The Bertz CT molecular complexity index is 642. The van der Waals surface area contributed by atoms with Crippen molar-refractivity contribution in [2.24, 2.45) is 0 Å². The van der Waals surface area contributed by atoms with Crippen molar-refractivity contribution in [3.8, 4) is 0 Å². The fourth-order valence-electron chi connectivity index (χ4n) is 4.53. The predicted octanol–water partition coefficient (Wildman–Crippen LogP) is -1.56. The summed E-state index contributed by atoms with van der Waals surface area (Å²) < 4.78 is 16.3. The molecule has 37 heavy (non-hydrogen) atoms. The molecule has 0 aromatic rings. The number of amides is 2.